The number of methoxy groups -OCH3 is 1. The third kappa shape index (κ3) is 4.22. The lowest BCUT2D eigenvalue weighted by Gasteiger charge is -2.15. The van der Waals surface area contributed by atoms with Gasteiger partial charge in [-0.3, -0.25) is 4.79 Å². The van der Waals surface area contributed by atoms with Gasteiger partial charge in [-0.15, -0.1) is 0 Å². The van der Waals surface area contributed by atoms with Crippen molar-refractivity contribution in [2.45, 2.75) is 26.3 Å². The number of pyridine rings is 1. The molecule has 2 N–H and O–H groups in total. The van der Waals surface area contributed by atoms with Gasteiger partial charge in [0.25, 0.3) is 0 Å². The number of rotatable bonds is 6. The Hall–Kier alpha value is -2.56. The molecule has 0 aliphatic rings. The normalized spacial score (nSPS) is 11.6. The summed E-state index contributed by atoms with van der Waals surface area (Å²) in [6, 6.07) is 11.1. The standard InChI is InChI=1S/C17H21N3O2/c1-4-13-5-7-14(8-6-13)20-17(21)12(2)19-15-9-10-16(22-3)18-11-15/h5-12,19H,4H2,1-3H3,(H,20,21). The molecule has 2 rings (SSSR count). The molecule has 22 heavy (non-hydrogen) atoms. The van der Waals surface area contributed by atoms with Gasteiger partial charge in [-0.2, -0.15) is 0 Å². The smallest absolute Gasteiger partial charge is 0.246 e. The molecular weight excluding hydrogens is 278 g/mol. The summed E-state index contributed by atoms with van der Waals surface area (Å²) < 4.78 is 5.00. The quantitative estimate of drug-likeness (QED) is 0.860. The fourth-order valence-electron chi connectivity index (χ4n) is 1.98. The molecule has 0 bridgehead atoms. The topological polar surface area (TPSA) is 63.2 Å². The largest absolute Gasteiger partial charge is 0.481 e. The molecular formula is C17H21N3O2. The Morgan fingerprint density at radius 2 is 1.86 bits per heavy atom. The first kappa shape index (κ1) is 15.8. The van der Waals surface area contributed by atoms with Gasteiger partial charge in [0.2, 0.25) is 11.8 Å². The second-order valence-electron chi connectivity index (χ2n) is 4.99. The molecule has 1 atom stereocenters. The van der Waals surface area contributed by atoms with Crippen LogP contribution in [0.25, 0.3) is 0 Å². The van der Waals surface area contributed by atoms with E-state index in [9.17, 15) is 4.79 Å². The van der Waals surface area contributed by atoms with E-state index in [0.717, 1.165) is 17.8 Å². The Kier molecular flexibility index (Phi) is 5.36. The average molecular weight is 299 g/mol. The molecule has 0 aliphatic heterocycles. The van der Waals surface area contributed by atoms with Gasteiger partial charge in [-0.25, -0.2) is 4.98 Å². The summed E-state index contributed by atoms with van der Waals surface area (Å²) in [4.78, 5) is 16.3. The molecule has 5 heteroatoms. The van der Waals surface area contributed by atoms with Crippen LogP contribution in [0.2, 0.25) is 0 Å². The number of hydrogen-bond donors (Lipinski definition) is 2. The number of hydrogen-bond acceptors (Lipinski definition) is 4. The summed E-state index contributed by atoms with van der Waals surface area (Å²) >= 11 is 0. The zero-order chi connectivity index (χ0) is 15.9. The fourth-order valence-corrected chi connectivity index (χ4v) is 1.98. The summed E-state index contributed by atoms with van der Waals surface area (Å²) in [7, 11) is 1.56. The Balaban J connectivity index is 1.92. The van der Waals surface area contributed by atoms with Crippen molar-refractivity contribution in [1.29, 1.82) is 0 Å². The van der Waals surface area contributed by atoms with Crippen LogP contribution in [0.15, 0.2) is 42.6 Å². The monoisotopic (exact) mass is 299 g/mol. The number of aryl methyl sites for hydroxylation is 1. The molecule has 1 amide bonds. The molecule has 0 saturated carbocycles. The lowest BCUT2D eigenvalue weighted by atomic mass is 10.1. The molecule has 2 aromatic rings. The molecule has 1 heterocycles. The minimum absolute atomic E-state index is 0.0972. The third-order valence-corrected chi connectivity index (χ3v) is 3.35. The lowest BCUT2D eigenvalue weighted by molar-refractivity contribution is -0.116. The van der Waals surface area contributed by atoms with Gasteiger partial charge in [0.15, 0.2) is 0 Å². The van der Waals surface area contributed by atoms with Crippen molar-refractivity contribution in [3.05, 3.63) is 48.2 Å². The first-order chi connectivity index (χ1) is 10.6. The minimum atomic E-state index is -0.374. The van der Waals surface area contributed by atoms with E-state index in [0.29, 0.717) is 5.88 Å². The van der Waals surface area contributed by atoms with Gasteiger partial charge in [0, 0.05) is 11.8 Å². The van der Waals surface area contributed by atoms with Crippen LogP contribution in [0.5, 0.6) is 5.88 Å². The molecule has 1 aromatic heterocycles. The Bertz CT molecular complexity index is 609. The molecule has 0 radical (unpaired) electrons. The Morgan fingerprint density at radius 1 is 1.18 bits per heavy atom. The van der Waals surface area contributed by atoms with Crippen LogP contribution in [0.1, 0.15) is 19.4 Å². The van der Waals surface area contributed by atoms with Gasteiger partial charge >= 0.3 is 0 Å². The minimum Gasteiger partial charge on any atom is -0.481 e. The van der Waals surface area contributed by atoms with E-state index in [1.54, 1.807) is 26.3 Å². The van der Waals surface area contributed by atoms with Crippen LogP contribution < -0.4 is 15.4 Å². The summed E-state index contributed by atoms with van der Waals surface area (Å²) in [6.45, 7) is 3.91. The molecule has 116 valence electrons. The van der Waals surface area contributed by atoms with Crippen molar-refractivity contribution in [2.24, 2.45) is 0 Å². The van der Waals surface area contributed by atoms with E-state index in [1.807, 2.05) is 30.3 Å². The van der Waals surface area contributed by atoms with Crippen molar-refractivity contribution in [3.8, 4) is 5.88 Å². The third-order valence-electron chi connectivity index (χ3n) is 3.35. The number of carbonyl (C=O) groups excluding carboxylic acids is 1. The first-order valence-electron chi connectivity index (χ1n) is 7.28. The van der Waals surface area contributed by atoms with E-state index in [-0.39, 0.29) is 11.9 Å². The average Bonchev–Trinajstić information content (AvgIpc) is 2.56. The van der Waals surface area contributed by atoms with Crippen molar-refractivity contribution in [3.63, 3.8) is 0 Å². The van der Waals surface area contributed by atoms with Crippen LogP contribution in [-0.2, 0) is 11.2 Å². The highest BCUT2D eigenvalue weighted by atomic mass is 16.5. The van der Waals surface area contributed by atoms with E-state index < -0.39 is 0 Å². The second-order valence-corrected chi connectivity index (χ2v) is 4.99. The van der Waals surface area contributed by atoms with Gasteiger partial charge < -0.3 is 15.4 Å². The van der Waals surface area contributed by atoms with Crippen LogP contribution >= 0.6 is 0 Å². The predicted octanol–water partition coefficient (Wildman–Crippen LogP) is 3.09. The zero-order valence-corrected chi connectivity index (χ0v) is 13.1. The highest BCUT2D eigenvalue weighted by Gasteiger charge is 2.13. The summed E-state index contributed by atoms with van der Waals surface area (Å²) in [5.74, 6) is 0.443. The molecule has 0 fully saturated rings. The molecule has 1 unspecified atom stereocenters. The number of nitrogens with one attached hydrogen (secondary N) is 2. The van der Waals surface area contributed by atoms with Crippen molar-refractivity contribution >= 4 is 17.3 Å². The van der Waals surface area contributed by atoms with Crippen molar-refractivity contribution in [1.82, 2.24) is 4.98 Å². The number of carbonyl (C=O) groups is 1. The van der Waals surface area contributed by atoms with Crippen LogP contribution in [-0.4, -0.2) is 24.0 Å². The van der Waals surface area contributed by atoms with Gasteiger partial charge in [0.1, 0.15) is 6.04 Å². The predicted molar refractivity (Wildman–Crippen MR) is 88.3 cm³/mol. The lowest BCUT2D eigenvalue weighted by Crippen LogP contribution is -2.31. The number of nitrogens with zero attached hydrogens (tertiary/aromatic N) is 1. The van der Waals surface area contributed by atoms with Gasteiger partial charge in [-0.1, -0.05) is 19.1 Å². The maximum atomic E-state index is 12.2. The summed E-state index contributed by atoms with van der Waals surface area (Å²) in [5.41, 5.74) is 2.81. The number of amides is 1. The maximum absolute atomic E-state index is 12.2. The van der Waals surface area contributed by atoms with E-state index in [2.05, 4.69) is 22.5 Å². The molecule has 5 nitrogen and oxygen atoms in total. The Labute approximate surface area is 130 Å². The van der Waals surface area contributed by atoms with Crippen molar-refractivity contribution < 1.29 is 9.53 Å². The SMILES string of the molecule is CCc1ccc(NC(=O)C(C)Nc2ccc(OC)nc2)cc1. The highest BCUT2D eigenvalue weighted by molar-refractivity contribution is 5.96. The highest BCUT2D eigenvalue weighted by Crippen LogP contribution is 2.14. The number of ether oxygens (including phenoxy) is 1. The number of aromatic nitrogens is 1. The van der Waals surface area contributed by atoms with Crippen LogP contribution in [0, 0.1) is 0 Å². The molecule has 1 aromatic carbocycles. The van der Waals surface area contributed by atoms with Crippen LogP contribution in [0.3, 0.4) is 0 Å². The maximum Gasteiger partial charge on any atom is 0.246 e. The summed E-state index contributed by atoms with van der Waals surface area (Å²) in [5, 5.41) is 5.99. The van der Waals surface area contributed by atoms with Gasteiger partial charge in [-0.05, 0) is 37.1 Å². The number of benzene rings is 1. The Morgan fingerprint density at radius 3 is 2.41 bits per heavy atom. The van der Waals surface area contributed by atoms with Crippen molar-refractivity contribution in [2.75, 3.05) is 17.7 Å². The van der Waals surface area contributed by atoms with Crippen LogP contribution in [0.4, 0.5) is 11.4 Å². The van der Waals surface area contributed by atoms with Gasteiger partial charge in [0.05, 0.1) is 19.0 Å². The number of anilines is 2. The zero-order valence-electron chi connectivity index (χ0n) is 13.1. The van der Waals surface area contributed by atoms with E-state index in [4.69, 9.17) is 4.74 Å². The first-order valence-corrected chi connectivity index (χ1v) is 7.28. The van der Waals surface area contributed by atoms with E-state index in [1.165, 1.54) is 5.56 Å². The molecule has 0 spiro atoms. The summed E-state index contributed by atoms with van der Waals surface area (Å²) in [6.07, 6.45) is 2.62. The fraction of sp³-hybridized carbons (Fsp3) is 0.294. The second kappa shape index (κ2) is 7.45. The van der Waals surface area contributed by atoms with E-state index >= 15 is 0 Å². The molecule has 0 saturated heterocycles. The molecule has 0 aliphatic carbocycles.